The third-order valence-corrected chi connectivity index (χ3v) is 10.2. The average molecular weight is 870 g/mol. The minimum atomic E-state index is -4.50. The number of benzene rings is 4. The Hall–Kier alpha value is -4.00. The van der Waals surface area contributed by atoms with Gasteiger partial charge >= 0.3 is 6.18 Å². The Balaban J connectivity index is 0.000000271. The van der Waals surface area contributed by atoms with Crippen LogP contribution in [0.15, 0.2) is 78.7 Å². The fourth-order valence-corrected chi connectivity index (χ4v) is 7.62. The van der Waals surface area contributed by atoms with E-state index in [2.05, 4.69) is 42.3 Å². The fourth-order valence-electron chi connectivity index (χ4n) is 7.62. The van der Waals surface area contributed by atoms with Crippen molar-refractivity contribution in [3.05, 3.63) is 95.9 Å². The quantitative estimate of drug-likeness (QED) is 0.0571. The van der Waals surface area contributed by atoms with Gasteiger partial charge in [-0.15, -0.1) is 17.5 Å². The zero-order valence-corrected chi connectivity index (χ0v) is 32.5. The summed E-state index contributed by atoms with van der Waals surface area (Å²) in [5.41, 5.74) is 3.43. The minimum Gasteiger partial charge on any atom is -0.512 e. The number of para-hydroxylation sites is 1. The third-order valence-electron chi connectivity index (χ3n) is 10.2. The molecular weight excluding hydrogens is 826 g/mol. The maximum atomic E-state index is 14.0. The second kappa shape index (κ2) is 14.6. The van der Waals surface area contributed by atoms with Crippen LogP contribution in [-0.4, -0.2) is 20.3 Å². The van der Waals surface area contributed by atoms with Gasteiger partial charge in [0, 0.05) is 71.5 Å². The van der Waals surface area contributed by atoms with E-state index in [4.69, 9.17) is 0 Å². The van der Waals surface area contributed by atoms with Crippen molar-refractivity contribution >= 4 is 65.6 Å². The number of carbonyl (C=O) groups excluding carboxylic acids is 1. The number of aromatic nitrogens is 2. The molecule has 3 aromatic heterocycles. The van der Waals surface area contributed by atoms with Crippen molar-refractivity contribution < 1.29 is 43.2 Å². The number of aliphatic hydroxyl groups is 1. The van der Waals surface area contributed by atoms with E-state index in [1.807, 2.05) is 76.2 Å². The van der Waals surface area contributed by atoms with E-state index >= 15 is 0 Å². The molecule has 0 saturated carbocycles. The van der Waals surface area contributed by atoms with Gasteiger partial charge in [0.1, 0.15) is 0 Å². The summed E-state index contributed by atoms with van der Waals surface area (Å²) in [4.78, 5) is 16.2. The largest absolute Gasteiger partial charge is 0.512 e. The summed E-state index contributed by atoms with van der Waals surface area (Å²) in [6.07, 6.45) is 1.38. The Labute approximate surface area is 310 Å². The zero-order chi connectivity index (χ0) is 36.1. The number of hydrogen-bond acceptors (Lipinski definition) is 3. The predicted molar refractivity (Wildman–Crippen MR) is 200 cm³/mol. The van der Waals surface area contributed by atoms with Crippen LogP contribution < -0.4 is 0 Å². The molecule has 0 amide bonds. The number of rotatable bonds is 7. The monoisotopic (exact) mass is 870 g/mol. The molecule has 4 nitrogen and oxygen atoms in total. The molecule has 7 rings (SSSR count). The van der Waals surface area contributed by atoms with Crippen LogP contribution in [0.2, 0.25) is 0 Å². The van der Waals surface area contributed by atoms with Crippen molar-refractivity contribution in [3.8, 4) is 0 Å². The van der Waals surface area contributed by atoms with Gasteiger partial charge in [0.25, 0.3) is 0 Å². The van der Waals surface area contributed by atoms with E-state index in [1.165, 1.54) is 6.08 Å². The molecule has 1 N–H and O–H groups in total. The number of alkyl halides is 3. The van der Waals surface area contributed by atoms with Crippen LogP contribution in [0.1, 0.15) is 85.3 Å². The number of ketones is 1. The van der Waals surface area contributed by atoms with Crippen LogP contribution in [0.4, 0.5) is 13.2 Å². The number of allylic oxidation sites excluding steroid dienone is 2. The molecule has 0 aliphatic rings. The van der Waals surface area contributed by atoms with Crippen LogP contribution >= 0.6 is 0 Å². The van der Waals surface area contributed by atoms with Gasteiger partial charge in [-0.05, 0) is 53.5 Å². The second-order valence-corrected chi connectivity index (χ2v) is 14.3. The number of fused-ring (bicyclic) bond motifs is 7. The van der Waals surface area contributed by atoms with E-state index in [1.54, 1.807) is 6.07 Å². The Morgan fingerprint density at radius 3 is 2.02 bits per heavy atom. The molecule has 0 saturated heterocycles. The molecule has 3 heterocycles. The third kappa shape index (κ3) is 6.62. The van der Waals surface area contributed by atoms with Gasteiger partial charge in [-0.1, -0.05) is 113 Å². The number of carbonyl (C=O) groups is 1. The smallest absolute Gasteiger partial charge is 0.418 e. The predicted octanol–water partition coefficient (Wildman–Crippen LogP) is 12.5. The molecule has 0 unspecified atom stereocenters. The van der Waals surface area contributed by atoms with Crippen LogP contribution in [0.5, 0.6) is 0 Å². The van der Waals surface area contributed by atoms with E-state index in [9.17, 15) is 23.1 Å². The number of halogens is 3. The molecule has 0 fully saturated rings. The Morgan fingerprint density at radius 2 is 1.41 bits per heavy atom. The molecule has 0 bridgehead atoms. The van der Waals surface area contributed by atoms with E-state index in [0.29, 0.717) is 10.9 Å². The van der Waals surface area contributed by atoms with Gasteiger partial charge in [-0.3, -0.25) is 9.78 Å². The molecule has 0 aliphatic carbocycles. The molecule has 0 atom stereocenters. The summed E-state index contributed by atoms with van der Waals surface area (Å²) in [5, 5.41) is 15.2. The second-order valence-electron chi connectivity index (χ2n) is 14.3. The van der Waals surface area contributed by atoms with Crippen LogP contribution in [0.3, 0.4) is 0 Å². The number of hydrogen-bond donors (Lipinski definition) is 1. The molecular formula is C43H44F3IrN2O2-. The van der Waals surface area contributed by atoms with Gasteiger partial charge in [0.15, 0.2) is 5.78 Å². The Kier molecular flexibility index (Phi) is 10.9. The summed E-state index contributed by atoms with van der Waals surface area (Å²) in [6.45, 7) is 14.6. The summed E-state index contributed by atoms with van der Waals surface area (Å²) in [7, 11) is 0. The number of nitrogens with zero attached hydrogens (tertiary/aromatic N) is 2. The van der Waals surface area contributed by atoms with Crippen LogP contribution in [-0.2, 0) is 36.5 Å². The van der Waals surface area contributed by atoms with Crippen LogP contribution in [0, 0.1) is 17.9 Å². The van der Waals surface area contributed by atoms with Crippen molar-refractivity contribution in [3.63, 3.8) is 0 Å². The van der Waals surface area contributed by atoms with E-state index in [-0.39, 0.29) is 54.3 Å². The maximum absolute atomic E-state index is 14.0. The van der Waals surface area contributed by atoms with Gasteiger partial charge < -0.3 is 9.51 Å². The van der Waals surface area contributed by atoms with Crippen molar-refractivity contribution in [2.75, 3.05) is 0 Å². The molecule has 8 heteroatoms. The van der Waals surface area contributed by atoms with Crippen LogP contribution in [0.25, 0.3) is 59.8 Å². The molecule has 269 valence electrons. The zero-order valence-electron chi connectivity index (χ0n) is 30.1. The molecule has 4 aromatic carbocycles. The topological polar surface area (TPSA) is 54.6 Å². The Bertz CT molecular complexity index is 2390. The van der Waals surface area contributed by atoms with Gasteiger partial charge in [-0.2, -0.15) is 13.2 Å². The average Bonchev–Trinajstić information content (AvgIpc) is 3.42. The van der Waals surface area contributed by atoms with Crippen molar-refractivity contribution in [2.24, 2.45) is 11.8 Å². The molecule has 51 heavy (non-hydrogen) atoms. The van der Waals surface area contributed by atoms with E-state index in [0.717, 1.165) is 80.9 Å². The number of pyridine rings is 2. The molecule has 0 spiro atoms. The number of aliphatic hydroxyl groups excluding tert-OH is 1. The minimum absolute atomic E-state index is 0. The van der Waals surface area contributed by atoms with E-state index < -0.39 is 11.7 Å². The Morgan fingerprint density at radius 1 is 0.824 bits per heavy atom. The maximum Gasteiger partial charge on any atom is 0.418 e. The first-order chi connectivity index (χ1) is 23.8. The fraction of sp³-hybridized carbons (Fsp3) is 0.349. The summed E-state index contributed by atoms with van der Waals surface area (Å²) in [5.74, 6) is 0.547. The molecule has 1 radical (unpaired) electrons. The molecule has 0 aliphatic heterocycles. The van der Waals surface area contributed by atoms with Gasteiger partial charge in [0.2, 0.25) is 0 Å². The van der Waals surface area contributed by atoms with Gasteiger partial charge in [0.05, 0.1) is 11.3 Å². The van der Waals surface area contributed by atoms with Crippen molar-refractivity contribution in [2.45, 2.75) is 85.7 Å². The summed E-state index contributed by atoms with van der Waals surface area (Å²) < 4.78 is 44.3. The van der Waals surface area contributed by atoms with Crippen molar-refractivity contribution in [1.29, 1.82) is 0 Å². The van der Waals surface area contributed by atoms with Gasteiger partial charge in [-0.25, -0.2) is 0 Å². The first-order valence-electron chi connectivity index (χ1n) is 17.6. The summed E-state index contributed by atoms with van der Waals surface area (Å²) in [6, 6.07) is 23.1. The standard InChI is InChI=1S/C30H20F3N2.C13H24O2.Ir/c1-29(2,3)25-17-9-5-4-8-16(17)14-21-26-24-20(22(15-34-26)30(31,32)33)13-12-19-18-10-6-7-11-23(18)35(27(19)24)28(21)25;1-5-10(6-2)12(14)9-13(15)11(7-3)8-4;/h4-13,15H,1-3H3;9-11,14H,5-8H2,1-4H3;/q-1;;/b;12-9-;. The molecule has 7 aromatic rings. The normalized spacial score (nSPS) is 12.9. The summed E-state index contributed by atoms with van der Waals surface area (Å²) >= 11 is 0. The van der Waals surface area contributed by atoms with Crippen molar-refractivity contribution in [1.82, 2.24) is 9.38 Å². The first-order valence-corrected chi connectivity index (χ1v) is 17.6. The SMILES string of the molecule is CC(C)(C)c1c2ccccc2[c-]c2c3ncc(C(F)(F)F)c4ccc5c6ccccc6n(c12)c5c43.CCC(CC)C(=O)/C=C(\O)C(CC)CC.[Ir]. The first kappa shape index (κ1) is 38.2.